The van der Waals surface area contributed by atoms with Crippen molar-refractivity contribution in [1.82, 2.24) is 0 Å². The lowest BCUT2D eigenvalue weighted by Gasteiger charge is -2.03. The molecule has 1 aromatic heterocycles. The molecule has 0 unspecified atom stereocenters. The smallest absolute Gasteiger partial charge is 0.118 e. The molecule has 1 N–H and O–H groups in total. The van der Waals surface area contributed by atoms with Crippen LogP contribution in [0, 0.1) is 13.8 Å². The Balaban J connectivity index is 2.53. The third-order valence-corrected chi connectivity index (χ3v) is 3.21. The van der Waals surface area contributed by atoms with Crippen LogP contribution in [0.4, 0.5) is 0 Å². The molecule has 14 heavy (non-hydrogen) atoms. The lowest BCUT2D eigenvalue weighted by Crippen LogP contribution is -1.79. The standard InChI is InChI=1S/C12H12OS/c1-8-7-10(3-4-12(8)13)11-5-6-14-9(11)2/h3-7,13H,1-2H3. The number of hydrogen-bond donors (Lipinski definition) is 1. The first kappa shape index (κ1) is 9.28. The number of aryl methyl sites for hydroxylation is 2. The van der Waals surface area contributed by atoms with Crippen LogP contribution in [0.3, 0.4) is 0 Å². The van der Waals surface area contributed by atoms with E-state index >= 15 is 0 Å². The largest absolute Gasteiger partial charge is 0.508 e. The lowest BCUT2D eigenvalue weighted by atomic mass is 10.0. The van der Waals surface area contributed by atoms with Crippen molar-refractivity contribution >= 4 is 11.3 Å². The molecular weight excluding hydrogens is 192 g/mol. The molecule has 1 aromatic carbocycles. The molecule has 0 aliphatic rings. The molecule has 0 atom stereocenters. The summed E-state index contributed by atoms with van der Waals surface area (Å²) in [6, 6.07) is 7.84. The van der Waals surface area contributed by atoms with Gasteiger partial charge in [0.15, 0.2) is 0 Å². The molecule has 0 aliphatic heterocycles. The predicted octanol–water partition coefficient (Wildman–Crippen LogP) is 3.74. The Hall–Kier alpha value is -1.28. The molecule has 0 saturated carbocycles. The highest BCUT2D eigenvalue weighted by Crippen LogP contribution is 2.30. The van der Waals surface area contributed by atoms with E-state index in [1.54, 1.807) is 17.4 Å². The molecule has 2 aromatic rings. The fourth-order valence-corrected chi connectivity index (χ4v) is 2.23. The van der Waals surface area contributed by atoms with Crippen LogP contribution in [0.5, 0.6) is 5.75 Å². The Morgan fingerprint density at radius 3 is 2.50 bits per heavy atom. The monoisotopic (exact) mass is 204 g/mol. The Morgan fingerprint density at radius 2 is 1.93 bits per heavy atom. The Morgan fingerprint density at radius 1 is 1.14 bits per heavy atom. The van der Waals surface area contributed by atoms with Crippen LogP contribution in [0.15, 0.2) is 29.6 Å². The molecular formula is C12H12OS. The molecule has 0 bridgehead atoms. The fourth-order valence-electron chi connectivity index (χ4n) is 1.51. The van der Waals surface area contributed by atoms with Crippen LogP contribution < -0.4 is 0 Å². The fraction of sp³-hybridized carbons (Fsp3) is 0.167. The zero-order valence-electron chi connectivity index (χ0n) is 8.24. The summed E-state index contributed by atoms with van der Waals surface area (Å²) in [6.07, 6.45) is 0. The maximum absolute atomic E-state index is 9.41. The third kappa shape index (κ3) is 1.53. The van der Waals surface area contributed by atoms with Crippen molar-refractivity contribution in [3.8, 4) is 16.9 Å². The minimum atomic E-state index is 0.363. The van der Waals surface area contributed by atoms with E-state index in [4.69, 9.17) is 0 Å². The van der Waals surface area contributed by atoms with Crippen molar-refractivity contribution in [3.05, 3.63) is 40.1 Å². The Labute approximate surface area is 87.7 Å². The van der Waals surface area contributed by atoms with Gasteiger partial charge in [0, 0.05) is 4.88 Å². The number of aromatic hydroxyl groups is 1. The van der Waals surface area contributed by atoms with E-state index in [1.165, 1.54) is 16.0 Å². The average Bonchev–Trinajstić information content (AvgIpc) is 2.57. The normalized spacial score (nSPS) is 10.4. The number of phenolic OH excluding ortho intramolecular Hbond substituents is 1. The first-order valence-corrected chi connectivity index (χ1v) is 5.40. The van der Waals surface area contributed by atoms with E-state index < -0.39 is 0 Å². The van der Waals surface area contributed by atoms with E-state index in [0.29, 0.717) is 5.75 Å². The van der Waals surface area contributed by atoms with Gasteiger partial charge >= 0.3 is 0 Å². The highest BCUT2D eigenvalue weighted by molar-refractivity contribution is 7.10. The van der Waals surface area contributed by atoms with Crippen LogP contribution in [0.1, 0.15) is 10.4 Å². The minimum absolute atomic E-state index is 0.363. The maximum Gasteiger partial charge on any atom is 0.118 e. The van der Waals surface area contributed by atoms with Crippen molar-refractivity contribution in [3.63, 3.8) is 0 Å². The second-order valence-electron chi connectivity index (χ2n) is 3.39. The van der Waals surface area contributed by atoms with Gasteiger partial charge in [-0.3, -0.25) is 0 Å². The van der Waals surface area contributed by atoms with Crippen LogP contribution in [-0.2, 0) is 0 Å². The van der Waals surface area contributed by atoms with E-state index in [9.17, 15) is 5.11 Å². The first-order chi connectivity index (χ1) is 6.68. The Bertz CT molecular complexity index is 457. The molecule has 72 valence electrons. The SMILES string of the molecule is Cc1cc(-c2ccsc2C)ccc1O. The van der Waals surface area contributed by atoms with Crippen LogP contribution >= 0.6 is 11.3 Å². The van der Waals surface area contributed by atoms with E-state index in [0.717, 1.165) is 5.56 Å². The topological polar surface area (TPSA) is 20.2 Å². The molecule has 0 saturated heterocycles. The number of rotatable bonds is 1. The molecule has 2 heteroatoms. The van der Waals surface area contributed by atoms with Gasteiger partial charge in [-0.1, -0.05) is 6.07 Å². The van der Waals surface area contributed by atoms with Crippen molar-refractivity contribution in [2.45, 2.75) is 13.8 Å². The van der Waals surface area contributed by atoms with Gasteiger partial charge in [0.25, 0.3) is 0 Å². The van der Waals surface area contributed by atoms with Crippen molar-refractivity contribution in [1.29, 1.82) is 0 Å². The quantitative estimate of drug-likeness (QED) is 0.750. The zero-order chi connectivity index (χ0) is 10.1. The van der Waals surface area contributed by atoms with Crippen molar-refractivity contribution in [2.24, 2.45) is 0 Å². The molecule has 0 spiro atoms. The summed E-state index contributed by atoms with van der Waals surface area (Å²) in [4.78, 5) is 1.31. The van der Waals surface area contributed by atoms with E-state index in [-0.39, 0.29) is 0 Å². The van der Waals surface area contributed by atoms with Gasteiger partial charge in [-0.15, -0.1) is 11.3 Å². The number of benzene rings is 1. The highest BCUT2D eigenvalue weighted by Gasteiger charge is 2.04. The average molecular weight is 204 g/mol. The van der Waals surface area contributed by atoms with Crippen LogP contribution in [0.25, 0.3) is 11.1 Å². The molecule has 0 amide bonds. The van der Waals surface area contributed by atoms with Crippen LogP contribution in [0.2, 0.25) is 0 Å². The lowest BCUT2D eigenvalue weighted by molar-refractivity contribution is 0.471. The van der Waals surface area contributed by atoms with Crippen molar-refractivity contribution in [2.75, 3.05) is 0 Å². The first-order valence-electron chi connectivity index (χ1n) is 4.52. The van der Waals surface area contributed by atoms with Gasteiger partial charge in [-0.25, -0.2) is 0 Å². The number of phenols is 1. The summed E-state index contributed by atoms with van der Waals surface area (Å²) in [6.45, 7) is 4.03. The summed E-state index contributed by atoms with van der Waals surface area (Å²) >= 11 is 1.75. The second-order valence-corrected chi connectivity index (χ2v) is 4.51. The van der Waals surface area contributed by atoms with Gasteiger partial charge in [-0.05, 0) is 54.1 Å². The van der Waals surface area contributed by atoms with E-state index in [1.807, 2.05) is 19.1 Å². The summed E-state index contributed by atoms with van der Waals surface area (Å²) < 4.78 is 0. The summed E-state index contributed by atoms with van der Waals surface area (Å²) in [5.41, 5.74) is 3.37. The summed E-state index contributed by atoms with van der Waals surface area (Å²) in [5.74, 6) is 0.363. The summed E-state index contributed by atoms with van der Waals surface area (Å²) in [5, 5.41) is 11.5. The molecule has 1 heterocycles. The van der Waals surface area contributed by atoms with Gasteiger partial charge in [-0.2, -0.15) is 0 Å². The second kappa shape index (κ2) is 3.46. The molecule has 0 fully saturated rings. The number of hydrogen-bond acceptors (Lipinski definition) is 2. The van der Waals surface area contributed by atoms with Gasteiger partial charge in [0.2, 0.25) is 0 Å². The van der Waals surface area contributed by atoms with E-state index in [2.05, 4.69) is 18.4 Å². The Kier molecular flexibility index (Phi) is 2.30. The molecule has 1 nitrogen and oxygen atoms in total. The summed E-state index contributed by atoms with van der Waals surface area (Å²) in [7, 11) is 0. The van der Waals surface area contributed by atoms with Gasteiger partial charge in [0.1, 0.15) is 5.75 Å². The van der Waals surface area contributed by atoms with Gasteiger partial charge in [0.05, 0.1) is 0 Å². The molecule has 2 rings (SSSR count). The highest BCUT2D eigenvalue weighted by atomic mass is 32.1. The zero-order valence-corrected chi connectivity index (χ0v) is 9.06. The minimum Gasteiger partial charge on any atom is -0.508 e. The maximum atomic E-state index is 9.41. The third-order valence-electron chi connectivity index (χ3n) is 2.37. The number of thiophene rings is 1. The van der Waals surface area contributed by atoms with Crippen LogP contribution in [-0.4, -0.2) is 5.11 Å². The van der Waals surface area contributed by atoms with Gasteiger partial charge < -0.3 is 5.11 Å². The van der Waals surface area contributed by atoms with Crippen molar-refractivity contribution < 1.29 is 5.11 Å². The molecule has 0 aliphatic carbocycles. The molecule has 0 radical (unpaired) electrons. The predicted molar refractivity (Wildman–Crippen MR) is 60.9 cm³/mol.